The Kier molecular flexibility index (Phi) is 2.26. The minimum Gasteiger partial charge on any atom is -0.460 e. The van der Waals surface area contributed by atoms with Crippen molar-refractivity contribution < 1.29 is 14.3 Å². The first-order valence-electron chi connectivity index (χ1n) is 7.86. The molecule has 2 bridgehead atoms. The van der Waals surface area contributed by atoms with Crippen molar-refractivity contribution in [1.82, 2.24) is 4.90 Å². The number of fused-ring (bicyclic) bond motifs is 4. The molecule has 2 aliphatic heterocycles. The van der Waals surface area contributed by atoms with Crippen LogP contribution in [-0.2, 0) is 14.3 Å². The number of hydrogen-bond donors (Lipinski definition) is 0. The van der Waals surface area contributed by atoms with Crippen LogP contribution >= 0.6 is 0 Å². The van der Waals surface area contributed by atoms with E-state index < -0.39 is 0 Å². The average molecular weight is 277 g/mol. The number of esters is 1. The number of likely N-dealkylation sites (N-methyl/N-ethyl adjacent to an activating group) is 1. The SMILES string of the molecule is CC(C)[C@@H]1[C@H]2OC(=O)[C@H]1[C@@H]1CC[C@@H]3C(=O)N(C)[C@H]2[C@@]31C. The maximum atomic E-state index is 12.6. The summed E-state index contributed by atoms with van der Waals surface area (Å²) in [4.78, 5) is 26.8. The molecule has 4 nitrogen and oxygen atoms in total. The molecule has 110 valence electrons. The lowest BCUT2D eigenvalue weighted by Gasteiger charge is -2.48. The van der Waals surface area contributed by atoms with Gasteiger partial charge in [-0.1, -0.05) is 20.8 Å². The smallest absolute Gasteiger partial charge is 0.310 e. The van der Waals surface area contributed by atoms with Gasteiger partial charge in [0.15, 0.2) is 0 Å². The van der Waals surface area contributed by atoms with E-state index >= 15 is 0 Å². The van der Waals surface area contributed by atoms with E-state index in [9.17, 15) is 9.59 Å². The van der Waals surface area contributed by atoms with Gasteiger partial charge in [-0.2, -0.15) is 0 Å². The van der Waals surface area contributed by atoms with Crippen LogP contribution in [0.25, 0.3) is 0 Å². The van der Waals surface area contributed by atoms with E-state index in [1.165, 1.54) is 0 Å². The van der Waals surface area contributed by atoms with Crippen LogP contribution in [0.1, 0.15) is 33.6 Å². The van der Waals surface area contributed by atoms with Gasteiger partial charge >= 0.3 is 5.97 Å². The number of hydrogen-bond acceptors (Lipinski definition) is 3. The number of rotatable bonds is 1. The first-order chi connectivity index (χ1) is 9.39. The van der Waals surface area contributed by atoms with Crippen LogP contribution in [0.5, 0.6) is 0 Å². The molecular formula is C16H23NO3. The van der Waals surface area contributed by atoms with Crippen molar-refractivity contribution in [3.8, 4) is 0 Å². The summed E-state index contributed by atoms with van der Waals surface area (Å²) < 4.78 is 5.78. The third-order valence-corrected chi connectivity index (χ3v) is 6.85. The quantitative estimate of drug-likeness (QED) is 0.685. The van der Waals surface area contributed by atoms with Crippen molar-refractivity contribution in [3.05, 3.63) is 0 Å². The Morgan fingerprint density at radius 3 is 2.65 bits per heavy atom. The fourth-order valence-electron chi connectivity index (χ4n) is 6.14. The standard InChI is InChI=1S/C16H23NO3/c1-7(2)10-11-8-5-6-9-14(18)17(4)13(16(8,9)3)12(10)20-15(11)19/h7-13H,5-6H2,1-4H3/t8-,9+,10-,11-,12+,13+,16+/m0/s1. The van der Waals surface area contributed by atoms with Crippen LogP contribution in [0, 0.1) is 35.0 Å². The van der Waals surface area contributed by atoms with E-state index in [2.05, 4.69) is 20.8 Å². The zero-order valence-corrected chi connectivity index (χ0v) is 12.6. The molecule has 4 heteroatoms. The second-order valence-corrected chi connectivity index (χ2v) is 7.75. The molecule has 20 heavy (non-hydrogen) atoms. The number of likely N-dealkylation sites (tertiary alicyclic amines) is 1. The largest absolute Gasteiger partial charge is 0.460 e. The molecule has 7 atom stereocenters. The molecule has 0 aromatic heterocycles. The normalized spacial score (nSPS) is 52.8. The Morgan fingerprint density at radius 2 is 2.00 bits per heavy atom. The molecular weight excluding hydrogens is 254 g/mol. The summed E-state index contributed by atoms with van der Waals surface area (Å²) in [5.41, 5.74) is -0.0568. The van der Waals surface area contributed by atoms with Crippen molar-refractivity contribution in [1.29, 1.82) is 0 Å². The minimum absolute atomic E-state index is 0.00387. The second kappa shape index (κ2) is 3.58. The molecule has 0 spiro atoms. The number of ether oxygens (including phenoxy) is 1. The predicted molar refractivity (Wildman–Crippen MR) is 72.6 cm³/mol. The summed E-state index contributed by atoms with van der Waals surface area (Å²) in [6.45, 7) is 6.59. The Morgan fingerprint density at radius 1 is 1.30 bits per heavy atom. The van der Waals surface area contributed by atoms with Crippen molar-refractivity contribution in [3.63, 3.8) is 0 Å². The Bertz CT molecular complexity index is 502. The molecule has 0 unspecified atom stereocenters. The Hall–Kier alpha value is -1.06. The monoisotopic (exact) mass is 277 g/mol. The summed E-state index contributed by atoms with van der Waals surface area (Å²) in [5, 5.41) is 0. The Labute approximate surface area is 119 Å². The van der Waals surface area contributed by atoms with E-state index in [1.54, 1.807) is 0 Å². The van der Waals surface area contributed by atoms with E-state index in [0.717, 1.165) is 12.8 Å². The highest BCUT2D eigenvalue weighted by molar-refractivity contribution is 5.86. The molecule has 2 aliphatic carbocycles. The summed E-state index contributed by atoms with van der Waals surface area (Å²) in [6.07, 6.45) is 1.86. The van der Waals surface area contributed by atoms with Gasteiger partial charge in [0, 0.05) is 24.3 Å². The van der Waals surface area contributed by atoms with Crippen LogP contribution < -0.4 is 0 Å². The van der Waals surface area contributed by atoms with Gasteiger partial charge in [-0.15, -0.1) is 0 Å². The molecule has 0 radical (unpaired) electrons. The highest BCUT2D eigenvalue weighted by Gasteiger charge is 2.74. The van der Waals surface area contributed by atoms with E-state index in [0.29, 0.717) is 11.8 Å². The van der Waals surface area contributed by atoms with E-state index in [1.807, 2.05) is 11.9 Å². The lowest BCUT2D eigenvalue weighted by molar-refractivity contribution is -0.146. The highest BCUT2D eigenvalue weighted by Crippen LogP contribution is 2.66. The first-order valence-corrected chi connectivity index (χ1v) is 7.86. The molecule has 4 fully saturated rings. The zero-order chi connectivity index (χ0) is 14.4. The van der Waals surface area contributed by atoms with Crippen molar-refractivity contribution >= 4 is 11.9 Å². The van der Waals surface area contributed by atoms with Crippen LogP contribution in [0.2, 0.25) is 0 Å². The van der Waals surface area contributed by atoms with Crippen molar-refractivity contribution in [2.45, 2.75) is 45.8 Å². The first kappa shape index (κ1) is 12.7. The highest BCUT2D eigenvalue weighted by atomic mass is 16.6. The number of nitrogens with zero attached hydrogens (tertiary/aromatic N) is 1. The number of carbonyl (C=O) groups is 2. The lowest BCUT2D eigenvalue weighted by Crippen LogP contribution is -2.57. The summed E-state index contributed by atoms with van der Waals surface area (Å²) in [5.74, 6) is 1.41. The maximum Gasteiger partial charge on any atom is 0.310 e. The zero-order valence-electron chi connectivity index (χ0n) is 12.6. The predicted octanol–water partition coefficient (Wildman–Crippen LogP) is 1.69. The van der Waals surface area contributed by atoms with E-state index in [4.69, 9.17) is 4.74 Å². The van der Waals surface area contributed by atoms with Gasteiger partial charge in [0.25, 0.3) is 0 Å². The molecule has 2 saturated carbocycles. The van der Waals surface area contributed by atoms with Gasteiger partial charge in [-0.3, -0.25) is 9.59 Å². The number of carbonyl (C=O) groups excluding carboxylic acids is 2. The third-order valence-electron chi connectivity index (χ3n) is 6.85. The van der Waals surface area contributed by atoms with Crippen molar-refractivity contribution in [2.75, 3.05) is 7.05 Å². The molecule has 2 saturated heterocycles. The minimum atomic E-state index is -0.0919. The average Bonchev–Trinajstić information content (AvgIpc) is 2.90. The van der Waals surface area contributed by atoms with Gasteiger partial charge in [0.2, 0.25) is 5.91 Å². The topological polar surface area (TPSA) is 46.6 Å². The molecule has 4 rings (SSSR count). The van der Waals surface area contributed by atoms with Gasteiger partial charge in [0.1, 0.15) is 6.10 Å². The second-order valence-electron chi connectivity index (χ2n) is 7.75. The van der Waals surface area contributed by atoms with Gasteiger partial charge < -0.3 is 9.64 Å². The molecule has 0 N–H and O–H groups in total. The lowest BCUT2D eigenvalue weighted by atomic mass is 9.55. The molecule has 0 aromatic carbocycles. The van der Waals surface area contributed by atoms with Crippen LogP contribution in [-0.4, -0.2) is 36.0 Å². The maximum absolute atomic E-state index is 12.6. The fraction of sp³-hybridized carbons (Fsp3) is 0.875. The van der Waals surface area contributed by atoms with Crippen LogP contribution in [0.4, 0.5) is 0 Å². The molecule has 2 heterocycles. The van der Waals surface area contributed by atoms with E-state index in [-0.39, 0.29) is 47.2 Å². The van der Waals surface area contributed by atoms with Crippen LogP contribution in [0.3, 0.4) is 0 Å². The number of amides is 1. The van der Waals surface area contributed by atoms with Crippen LogP contribution in [0.15, 0.2) is 0 Å². The van der Waals surface area contributed by atoms with Gasteiger partial charge in [0.05, 0.1) is 12.0 Å². The summed E-state index contributed by atoms with van der Waals surface area (Å²) >= 11 is 0. The molecule has 0 aromatic rings. The third kappa shape index (κ3) is 1.12. The summed E-state index contributed by atoms with van der Waals surface area (Å²) in [7, 11) is 1.90. The molecule has 4 aliphatic rings. The fourth-order valence-corrected chi connectivity index (χ4v) is 6.14. The van der Waals surface area contributed by atoms with Crippen molar-refractivity contribution in [2.24, 2.45) is 35.0 Å². The van der Waals surface area contributed by atoms with Gasteiger partial charge in [-0.05, 0) is 24.7 Å². The summed E-state index contributed by atoms with van der Waals surface area (Å²) in [6, 6.07) is 0.0857. The Balaban J connectivity index is 1.88. The molecule has 1 amide bonds. The van der Waals surface area contributed by atoms with Gasteiger partial charge in [-0.25, -0.2) is 0 Å².